The number of phenolic OH excluding ortho intramolecular Hbond substituents is 1. The Labute approximate surface area is 102 Å². The molecule has 0 amide bonds. The zero-order valence-electron chi connectivity index (χ0n) is 10.7. The molecule has 0 aliphatic heterocycles. The van der Waals surface area contributed by atoms with Gasteiger partial charge < -0.3 is 10.1 Å². The third-order valence-corrected chi connectivity index (χ3v) is 2.96. The Morgan fingerprint density at radius 2 is 1.94 bits per heavy atom. The minimum Gasteiger partial charge on any atom is -0.507 e. The lowest BCUT2D eigenvalue weighted by Crippen LogP contribution is -1.90. The molecule has 1 aromatic heterocycles. The Hall–Kier alpha value is -1.77. The van der Waals surface area contributed by atoms with Crippen molar-refractivity contribution in [3.05, 3.63) is 35.2 Å². The first kappa shape index (κ1) is 11.7. The number of aromatic hydroxyl groups is 1. The highest BCUT2D eigenvalue weighted by Crippen LogP contribution is 2.31. The molecule has 17 heavy (non-hydrogen) atoms. The third kappa shape index (κ3) is 2.05. The van der Waals surface area contributed by atoms with E-state index >= 15 is 0 Å². The van der Waals surface area contributed by atoms with Gasteiger partial charge in [0.15, 0.2) is 0 Å². The molecule has 3 nitrogen and oxygen atoms in total. The molecule has 90 valence electrons. The number of aromatic amines is 1. The number of phenols is 1. The van der Waals surface area contributed by atoms with Crippen LogP contribution in [0, 0.1) is 13.8 Å². The second-order valence-electron chi connectivity index (χ2n) is 4.72. The quantitative estimate of drug-likeness (QED) is 0.829. The number of nitrogens with zero attached hydrogens (tertiary/aromatic N) is 1. The number of hydrogen-bond donors (Lipinski definition) is 2. The monoisotopic (exact) mass is 230 g/mol. The van der Waals surface area contributed by atoms with Crippen molar-refractivity contribution in [2.75, 3.05) is 0 Å². The van der Waals surface area contributed by atoms with E-state index in [1.807, 2.05) is 32.0 Å². The minimum absolute atomic E-state index is 0.302. The molecule has 0 unspecified atom stereocenters. The molecule has 1 aromatic carbocycles. The summed E-state index contributed by atoms with van der Waals surface area (Å²) in [4.78, 5) is 7.81. The molecule has 0 radical (unpaired) electrons. The maximum Gasteiger partial charge on any atom is 0.141 e. The van der Waals surface area contributed by atoms with Gasteiger partial charge in [0.2, 0.25) is 0 Å². The molecule has 0 aliphatic rings. The summed E-state index contributed by atoms with van der Waals surface area (Å²) < 4.78 is 0. The number of H-pyrrole nitrogens is 1. The number of nitrogens with one attached hydrogen (secondary N) is 1. The van der Waals surface area contributed by atoms with Gasteiger partial charge in [-0.25, -0.2) is 4.98 Å². The third-order valence-electron chi connectivity index (χ3n) is 2.96. The molecule has 2 rings (SSSR count). The van der Waals surface area contributed by atoms with Gasteiger partial charge in [0, 0.05) is 5.69 Å². The van der Waals surface area contributed by atoms with Crippen LogP contribution in [0.25, 0.3) is 11.4 Å². The van der Waals surface area contributed by atoms with E-state index in [0.717, 1.165) is 28.3 Å². The topological polar surface area (TPSA) is 48.9 Å². The van der Waals surface area contributed by atoms with Gasteiger partial charge in [-0.2, -0.15) is 0 Å². The molecule has 1 heterocycles. The van der Waals surface area contributed by atoms with Crippen molar-refractivity contribution in [2.45, 2.75) is 33.6 Å². The molecule has 3 heteroatoms. The molecular weight excluding hydrogens is 212 g/mol. The first-order chi connectivity index (χ1) is 8.00. The van der Waals surface area contributed by atoms with E-state index in [0.29, 0.717) is 11.7 Å². The Bertz CT molecular complexity index is 541. The predicted molar refractivity (Wildman–Crippen MR) is 69.3 cm³/mol. The van der Waals surface area contributed by atoms with Crippen LogP contribution in [0.5, 0.6) is 5.75 Å². The van der Waals surface area contributed by atoms with Crippen molar-refractivity contribution in [1.29, 1.82) is 0 Å². The highest BCUT2D eigenvalue weighted by Gasteiger charge is 2.14. The fourth-order valence-corrected chi connectivity index (χ4v) is 2.01. The summed E-state index contributed by atoms with van der Waals surface area (Å²) in [6.45, 7) is 8.13. The van der Waals surface area contributed by atoms with Crippen LogP contribution in [0.3, 0.4) is 0 Å². The Morgan fingerprint density at radius 3 is 2.53 bits per heavy atom. The Balaban J connectivity index is 2.54. The molecule has 0 spiro atoms. The average molecular weight is 230 g/mol. The number of rotatable bonds is 2. The van der Waals surface area contributed by atoms with Crippen LogP contribution in [0.2, 0.25) is 0 Å². The summed E-state index contributed by atoms with van der Waals surface area (Å²) in [6, 6.07) is 5.69. The largest absolute Gasteiger partial charge is 0.507 e. The first-order valence-corrected chi connectivity index (χ1v) is 5.86. The van der Waals surface area contributed by atoms with Crippen LogP contribution in [0.1, 0.15) is 36.7 Å². The normalized spacial score (nSPS) is 11.1. The van der Waals surface area contributed by atoms with Crippen molar-refractivity contribution in [1.82, 2.24) is 9.97 Å². The second kappa shape index (κ2) is 4.24. The van der Waals surface area contributed by atoms with Crippen molar-refractivity contribution in [3.63, 3.8) is 0 Å². The highest BCUT2D eigenvalue weighted by atomic mass is 16.3. The maximum absolute atomic E-state index is 10.0. The number of hydrogen-bond acceptors (Lipinski definition) is 2. The lowest BCUT2D eigenvalue weighted by atomic mass is 10.1. The number of imidazole rings is 1. The molecule has 0 saturated heterocycles. The molecular formula is C14H18N2O. The zero-order chi connectivity index (χ0) is 12.6. The van der Waals surface area contributed by atoms with E-state index in [4.69, 9.17) is 0 Å². The van der Waals surface area contributed by atoms with Crippen molar-refractivity contribution in [2.24, 2.45) is 0 Å². The summed E-state index contributed by atoms with van der Waals surface area (Å²) in [5, 5.41) is 10.0. The van der Waals surface area contributed by atoms with Gasteiger partial charge >= 0.3 is 0 Å². The second-order valence-corrected chi connectivity index (χ2v) is 4.72. The van der Waals surface area contributed by atoms with Crippen LogP contribution in [0.15, 0.2) is 18.2 Å². The summed E-state index contributed by atoms with van der Waals surface area (Å²) >= 11 is 0. The number of aromatic nitrogens is 2. The van der Waals surface area contributed by atoms with Gasteiger partial charge in [-0.05, 0) is 31.4 Å². The van der Waals surface area contributed by atoms with Gasteiger partial charge in [-0.3, -0.25) is 0 Å². The van der Waals surface area contributed by atoms with Gasteiger partial charge in [-0.1, -0.05) is 26.0 Å². The van der Waals surface area contributed by atoms with Crippen molar-refractivity contribution in [3.8, 4) is 17.1 Å². The maximum atomic E-state index is 10.0. The molecule has 2 aromatic rings. The van der Waals surface area contributed by atoms with Gasteiger partial charge in [0.05, 0.1) is 11.3 Å². The van der Waals surface area contributed by atoms with Crippen molar-refractivity contribution < 1.29 is 5.11 Å². The SMILES string of the molecule is Cc1cccc(-c2nc(C(C)C)c(C)[nH]2)c1O. The number of aryl methyl sites for hydroxylation is 2. The standard InChI is InChI=1S/C14H18N2O/c1-8(2)12-10(4)15-14(16-12)11-7-5-6-9(3)13(11)17/h5-8,17H,1-4H3,(H,15,16). The fraction of sp³-hybridized carbons (Fsp3) is 0.357. The lowest BCUT2D eigenvalue weighted by molar-refractivity contribution is 0.473. The smallest absolute Gasteiger partial charge is 0.141 e. The van der Waals surface area contributed by atoms with Gasteiger partial charge in [-0.15, -0.1) is 0 Å². The van der Waals surface area contributed by atoms with E-state index in [1.54, 1.807) is 0 Å². The van der Waals surface area contributed by atoms with Crippen LogP contribution < -0.4 is 0 Å². The first-order valence-electron chi connectivity index (χ1n) is 5.86. The van der Waals surface area contributed by atoms with E-state index in [9.17, 15) is 5.11 Å². The average Bonchev–Trinajstić information content (AvgIpc) is 2.64. The summed E-state index contributed by atoms with van der Waals surface area (Å²) in [6.07, 6.45) is 0. The van der Waals surface area contributed by atoms with Crippen LogP contribution in [-0.2, 0) is 0 Å². The summed E-state index contributed by atoms with van der Waals surface area (Å²) in [5.41, 5.74) is 3.75. The Morgan fingerprint density at radius 1 is 1.24 bits per heavy atom. The van der Waals surface area contributed by atoms with E-state index < -0.39 is 0 Å². The fourth-order valence-electron chi connectivity index (χ4n) is 2.01. The highest BCUT2D eigenvalue weighted by molar-refractivity contribution is 5.66. The van der Waals surface area contributed by atoms with Crippen LogP contribution in [-0.4, -0.2) is 15.1 Å². The summed E-state index contributed by atoms with van der Waals surface area (Å²) in [5.74, 6) is 1.43. The molecule has 0 fully saturated rings. The molecule has 2 N–H and O–H groups in total. The predicted octanol–water partition coefficient (Wildman–Crippen LogP) is 3.52. The van der Waals surface area contributed by atoms with E-state index in [2.05, 4.69) is 23.8 Å². The van der Waals surface area contributed by atoms with Gasteiger partial charge in [0.25, 0.3) is 0 Å². The number of benzene rings is 1. The van der Waals surface area contributed by atoms with Crippen molar-refractivity contribution >= 4 is 0 Å². The van der Waals surface area contributed by atoms with Crippen LogP contribution >= 0.6 is 0 Å². The lowest BCUT2D eigenvalue weighted by Gasteiger charge is -2.03. The number of para-hydroxylation sites is 1. The van der Waals surface area contributed by atoms with Crippen LogP contribution in [0.4, 0.5) is 0 Å². The van der Waals surface area contributed by atoms with E-state index in [1.165, 1.54) is 0 Å². The molecule has 0 atom stereocenters. The molecule has 0 bridgehead atoms. The van der Waals surface area contributed by atoms with E-state index in [-0.39, 0.29) is 0 Å². The summed E-state index contributed by atoms with van der Waals surface area (Å²) in [7, 11) is 0. The molecule has 0 aliphatic carbocycles. The molecule has 0 saturated carbocycles. The van der Waals surface area contributed by atoms with Gasteiger partial charge in [0.1, 0.15) is 11.6 Å². The Kier molecular flexibility index (Phi) is 2.92. The zero-order valence-corrected chi connectivity index (χ0v) is 10.7. The minimum atomic E-state index is 0.302.